The van der Waals surface area contributed by atoms with Crippen LogP contribution in [-0.4, -0.2) is 29.9 Å². The molecule has 78 valence electrons. The zero-order valence-corrected chi connectivity index (χ0v) is 8.52. The number of piperidine rings is 1. The van der Waals surface area contributed by atoms with Gasteiger partial charge < -0.3 is 4.90 Å². The van der Waals surface area contributed by atoms with Gasteiger partial charge in [-0.15, -0.1) is 0 Å². The van der Waals surface area contributed by atoms with E-state index in [2.05, 4.69) is 16.9 Å². The summed E-state index contributed by atoms with van der Waals surface area (Å²) in [5.41, 5.74) is 8.12. The highest BCUT2D eigenvalue weighted by atomic mass is 16.2. The number of rotatable bonds is 3. The van der Waals surface area contributed by atoms with Crippen LogP contribution in [0, 0.1) is 0 Å². The summed E-state index contributed by atoms with van der Waals surface area (Å²) in [7, 11) is 0. The molecule has 1 heterocycles. The van der Waals surface area contributed by atoms with Crippen molar-refractivity contribution in [1.82, 2.24) is 4.90 Å². The highest BCUT2D eigenvalue weighted by Gasteiger charge is 2.24. The van der Waals surface area contributed by atoms with Gasteiger partial charge >= 0.3 is 0 Å². The van der Waals surface area contributed by atoms with Gasteiger partial charge in [-0.25, -0.2) is 0 Å². The summed E-state index contributed by atoms with van der Waals surface area (Å²) < 4.78 is 0. The molecule has 0 aliphatic carbocycles. The SMILES string of the molecule is CCC1CCCCN1C(=O)CN=[N+]=[N-]. The molecule has 1 fully saturated rings. The van der Waals surface area contributed by atoms with E-state index in [9.17, 15) is 4.79 Å². The Hall–Kier alpha value is -1.22. The third-order valence-electron chi connectivity index (χ3n) is 2.69. The normalized spacial score (nSPS) is 21.5. The number of hydrogen-bond acceptors (Lipinski definition) is 2. The number of azide groups is 1. The van der Waals surface area contributed by atoms with Gasteiger partial charge in [-0.3, -0.25) is 4.79 Å². The summed E-state index contributed by atoms with van der Waals surface area (Å²) >= 11 is 0. The first kappa shape index (κ1) is 10.9. The summed E-state index contributed by atoms with van der Waals surface area (Å²) in [6.07, 6.45) is 4.34. The molecular formula is C9H16N4O. The predicted molar refractivity (Wildman–Crippen MR) is 53.7 cm³/mol. The van der Waals surface area contributed by atoms with Crippen LogP contribution >= 0.6 is 0 Å². The Morgan fingerprint density at radius 2 is 2.43 bits per heavy atom. The van der Waals surface area contributed by atoms with Crippen LogP contribution in [0.2, 0.25) is 0 Å². The molecule has 0 aromatic heterocycles. The quantitative estimate of drug-likeness (QED) is 0.387. The smallest absolute Gasteiger partial charge is 0.228 e. The molecule has 5 nitrogen and oxygen atoms in total. The number of nitrogens with zero attached hydrogens (tertiary/aromatic N) is 4. The number of carbonyl (C=O) groups excluding carboxylic acids is 1. The molecule has 0 bridgehead atoms. The molecule has 1 amide bonds. The van der Waals surface area contributed by atoms with Crippen LogP contribution in [0.25, 0.3) is 10.4 Å². The minimum absolute atomic E-state index is 0.0330. The molecule has 0 saturated carbocycles. The van der Waals surface area contributed by atoms with E-state index in [0.29, 0.717) is 6.04 Å². The van der Waals surface area contributed by atoms with Gasteiger partial charge in [0.25, 0.3) is 0 Å². The minimum atomic E-state index is -0.0347. The van der Waals surface area contributed by atoms with Crippen molar-refractivity contribution in [2.75, 3.05) is 13.1 Å². The van der Waals surface area contributed by atoms with Crippen molar-refractivity contribution in [2.24, 2.45) is 5.11 Å². The van der Waals surface area contributed by atoms with Crippen LogP contribution < -0.4 is 0 Å². The van der Waals surface area contributed by atoms with Crippen LogP contribution in [-0.2, 0) is 4.79 Å². The molecule has 0 spiro atoms. The molecule has 0 aromatic carbocycles. The van der Waals surface area contributed by atoms with Crippen molar-refractivity contribution < 1.29 is 4.79 Å². The van der Waals surface area contributed by atoms with E-state index in [1.165, 1.54) is 6.42 Å². The van der Waals surface area contributed by atoms with Crippen molar-refractivity contribution in [3.05, 3.63) is 10.4 Å². The zero-order valence-electron chi connectivity index (χ0n) is 8.52. The lowest BCUT2D eigenvalue weighted by molar-refractivity contribution is -0.133. The largest absolute Gasteiger partial charge is 0.340 e. The first-order valence-corrected chi connectivity index (χ1v) is 5.10. The van der Waals surface area contributed by atoms with Crippen LogP contribution in [0.15, 0.2) is 5.11 Å². The second-order valence-electron chi connectivity index (χ2n) is 3.53. The van der Waals surface area contributed by atoms with Crippen LogP contribution in [0.3, 0.4) is 0 Å². The average molecular weight is 196 g/mol. The third kappa shape index (κ3) is 2.64. The molecule has 1 unspecified atom stereocenters. The molecule has 0 N–H and O–H groups in total. The summed E-state index contributed by atoms with van der Waals surface area (Å²) in [5.74, 6) is -0.0330. The maximum Gasteiger partial charge on any atom is 0.228 e. The standard InChI is InChI=1S/C9H16N4O/c1-2-8-5-3-4-6-13(8)9(14)7-11-12-10/h8H,2-7H2,1H3. The lowest BCUT2D eigenvalue weighted by Gasteiger charge is -2.35. The number of likely N-dealkylation sites (tertiary alicyclic amines) is 1. The van der Waals surface area contributed by atoms with Gasteiger partial charge in [-0.05, 0) is 31.2 Å². The molecule has 14 heavy (non-hydrogen) atoms. The van der Waals surface area contributed by atoms with Crippen molar-refractivity contribution in [3.63, 3.8) is 0 Å². The van der Waals surface area contributed by atoms with Gasteiger partial charge in [0.1, 0.15) is 6.54 Å². The lowest BCUT2D eigenvalue weighted by Crippen LogP contribution is -2.44. The van der Waals surface area contributed by atoms with Crippen molar-refractivity contribution in [2.45, 2.75) is 38.6 Å². The van der Waals surface area contributed by atoms with E-state index < -0.39 is 0 Å². The van der Waals surface area contributed by atoms with Crippen LogP contribution in [0.4, 0.5) is 0 Å². The van der Waals surface area contributed by atoms with E-state index in [4.69, 9.17) is 5.53 Å². The van der Waals surface area contributed by atoms with E-state index >= 15 is 0 Å². The molecule has 0 radical (unpaired) electrons. The van der Waals surface area contributed by atoms with E-state index in [-0.39, 0.29) is 12.5 Å². The Balaban J connectivity index is 2.54. The van der Waals surface area contributed by atoms with E-state index in [1.807, 2.05) is 4.90 Å². The Kier molecular flexibility index (Phi) is 4.26. The summed E-state index contributed by atoms with van der Waals surface area (Å²) in [6, 6.07) is 0.352. The third-order valence-corrected chi connectivity index (χ3v) is 2.69. The van der Waals surface area contributed by atoms with Gasteiger partial charge in [-0.2, -0.15) is 0 Å². The van der Waals surface area contributed by atoms with E-state index in [0.717, 1.165) is 25.8 Å². The lowest BCUT2D eigenvalue weighted by atomic mass is 10.00. The number of carbonyl (C=O) groups is 1. The van der Waals surface area contributed by atoms with Gasteiger partial charge in [0, 0.05) is 17.5 Å². The monoisotopic (exact) mass is 196 g/mol. The Morgan fingerprint density at radius 1 is 1.64 bits per heavy atom. The second kappa shape index (κ2) is 5.50. The predicted octanol–water partition coefficient (Wildman–Crippen LogP) is 2.09. The Bertz CT molecular complexity index is 247. The summed E-state index contributed by atoms with van der Waals surface area (Å²) in [4.78, 5) is 16.0. The second-order valence-corrected chi connectivity index (χ2v) is 3.53. The van der Waals surface area contributed by atoms with Crippen molar-refractivity contribution in [1.29, 1.82) is 0 Å². The maximum absolute atomic E-state index is 11.6. The number of hydrogen-bond donors (Lipinski definition) is 0. The molecule has 1 aliphatic heterocycles. The van der Waals surface area contributed by atoms with Crippen molar-refractivity contribution in [3.8, 4) is 0 Å². The molecule has 5 heteroatoms. The minimum Gasteiger partial charge on any atom is -0.340 e. The fourth-order valence-corrected chi connectivity index (χ4v) is 1.94. The number of amides is 1. The highest BCUT2D eigenvalue weighted by molar-refractivity contribution is 5.78. The van der Waals surface area contributed by atoms with Crippen LogP contribution in [0.5, 0.6) is 0 Å². The molecule has 1 saturated heterocycles. The van der Waals surface area contributed by atoms with Gasteiger partial charge in [-0.1, -0.05) is 12.0 Å². The van der Waals surface area contributed by atoms with E-state index in [1.54, 1.807) is 0 Å². The highest BCUT2D eigenvalue weighted by Crippen LogP contribution is 2.19. The molecule has 1 aliphatic rings. The van der Waals surface area contributed by atoms with Gasteiger partial charge in [0.2, 0.25) is 5.91 Å². The maximum atomic E-state index is 11.6. The van der Waals surface area contributed by atoms with Crippen molar-refractivity contribution >= 4 is 5.91 Å². The summed E-state index contributed by atoms with van der Waals surface area (Å²) in [5, 5.41) is 3.31. The molecule has 0 aromatic rings. The average Bonchev–Trinajstić information content (AvgIpc) is 2.25. The summed E-state index contributed by atoms with van der Waals surface area (Å²) in [6.45, 7) is 2.87. The van der Waals surface area contributed by atoms with Gasteiger partial charge in [0.05, 0.1) is 0 Å². The first-order chi connectivity index (χ1) is 6.79. The Morgan fingerprint density at radius 3 is 3.07 bits per heavy atom. The van der Waals surface area contributed by atoms with Crippen LogP contribution in [0.1, 0.15) is 32.6 Å². The Labute approximate surface area is 83.7 Å². The molecule has 1 atom stereocenters. The zero-order chi connectivity index (χ0) is 10.4. The fourth-order valence-electron chi connectivity index (χ4n) is 1.94. The van der Waals surface area contributed by atoms with Gasteiger partial charge in [0.15, 0.2) is 0 Å². The first-order valence-electron chi connectivity index (χ1n) is 5.10. The fraction of sp³-hybridized carbons (Fsp3) is 0.889. The molecule has 1 rings (SSSR count). The molecular weight excluding hydrogens is 180 g/mol. The topological polar surface area (TPSA) is 69.1 Å².